The van der Waals surface area contributed by atoms with E-state index >= 15 is 0 Å². The second-order valence-electron chi connectivity index (χ2n) is 5.51. The number of fused-ring (bicyclic) bond motifs is 2. The Hall–Kier alpha value is -2.81. The van der Waals surface area contributed by atoms with Gasteiger partial charge in [-0.25, -0.2) is 0 Å². The minimum atomic E-state index is -0.0644. The van der Waals surface area contributed by atoms with Gasteiger partial charge in [0.2, 0.25) is 5.78 Å². The molecule has 0 aliphatic carbocycles. The highest BCUT2D eigenvalue weighted by Gasteiger charge is 2.22. The van der Waals surface area contributed by atoms with Crippen LogP contribution in [0.1, 0.15) is 21.8 Å². The molecule has 0 amide bonds. The van der Waals surface area contributed by atoms with Crippen LogP contribution in [-0.2, 0) is 7.05 Å². The molecule has 0 saturated heterocycles. The van der Waals surface area contributed by atoms with E-state index in [1.807, 2.05) is 73.1 Å². The van der Waals surface area contributed by atoms with Crippen molar-refractivity contribution in [3.8, 4) is 0 Å². The lowest BCUT2D eigenvalue weighted by molar-refractivity contribution is 0.101. The van der Waals surface area contributed by atoms with Crippen LogP contribution in [0.25, 0.3) is 21.9 Å². The lowest BCUT2D eigenvalue weighted by Gasteiger charge is -1.99. The second-order valence-corrected chi connectivity index (χ2v) is 5.51. The van der Waals surface area contributed by atoms with Gasteiger partial charge in [0.1, 0.15) is 5.58 Å². The first-order valence-corrected chi connectivity index (χ1v) is 7.24. The minimum absolute atomic E-state index is 0.0644. The fourth-order valence-electron chi connectivity index (χ4n) is 3.02. The number of para-hydroxylation sites is 2. The lowest BCUT2D eigenvalue weighted by Crippen LogP contribution is -2.02. The van der Waals surface area contributed by atoms with Crippen LogP contribution in [0, 0.1) is 6.92 Å². The zero-order chi connectivity index (χ0) is 15.3. The summed E-state index contributed by atoms with van der Waals surface area (Å²) in [6.07, 6.45) is 0. The van der Waals surface area contributed by atoms with Gasteiger partial charge < -0.3 is 8.98 Å². The van der Waals surface area contributed by atoms with Crippen molar-refractivity contribution in [2.75, 3.05) is 0 Å². The van der Waals surface area contributed by atoms with Crippen LogP contribution < -0.4 is 0 Å². The van der Waals surface area contributed by atoms with E-state index in [9.17, 15) is 4.79 Å². The minimum Gasteiger partial charge on any atom is -0.453 e. The number of aryl methyl sites for hydroxylation is 1. The van der Waals surface area contributed by atoms with Crippen LogP contribution in [-0.4, -0.2) is 10.4 Å². The highest BCUT2D eigenvalue weighted by molar-refractivity contribution is 6.17. The van der Waals surface area contributed by atoms with E-state index in [1.54, 1.807) is 0 Å². The molecule has 0 atom stereocenters. The molecule has 0 saturated carbocycles. The highest BCUT2D eigenvalue weighted by Crippen LogP contribution is 2.29. The Labute approximate surface area is 127 Å². The van der Waals surface area contributed by atoms with Crippen molar-refractivity contribution in [2.45, 2.75) is 6.92 Å². The van der Waals surface area contributed by atoms with E-state index in [4.69, 9.17) is 4.42 Å². The molecule has 0 N–H and O–H groups in total. The molecule has 0 bridgehead atoms. The van der Waals surface area contributed by atoms with Gasteiger partial charge in [-0.15, -0.1) is 0 Å². The Balaban J connectivity index is 1.95. The van der Waals surface area contributed by atoms with Gasteiger partial charge in [-0.05, 0) is 25.1 Å². The topological polar surface area (TPSA) is 35.1 Å². The van der Waals surface area contributed by atoms with Gasteiger partial charge in [-0.2, -0.15) is 0 Å². The van der Waals surface area contributed by atoms with Crippen molar-refractivity contribution >= 4 is 27.7 Å². The first-order valence-electron chi connectivity index (χ1n) is 7.24. The normalized spacial score (nSPS) is 11.4. The Morgan fingerprint density at radius 3 is 2.59 bits per heavy atom. The van der Waals surface area contributed by atoms with E-state index in [0.29, 0.717) is 5.76 Å². The number of benzene rings is 2. The van der Waals surface area contributed by atoms with Gasteiger partial charge >= 0.3 is 0 Å². The van der Waals surface area contributed by atoms with Gasteiger partial charge in [0.25, 0.3) is 0 Å². The van der Waals surface area contributed by atoms with Gasteiger partial charge in [0.05, 0.1) is 5.56 Å². The number of carbonyl (C=O) groups is 1. The number of rotatable bonds is 2. The number of ketones is 1. The summed E-state index contributed by atoms with van der Waals surface area (Å²) in [5, 5.41) is 1.91. The molecular formula is C19H15NO2. The van der Waals surface area contributed by atoms with Crippen LogP contribution >= 0.6 is 0 Å². The van der Waals surface area contributed by atoms with Crippen molar-refractivity contribution in [3.63, 3.8) is 0 Å². The molecular weight excluding hydrogens is 274 g/mol. The Morgan fingerprint density at radius 1 is 1.05 bits per heavy atom. The van der Waals surface area contributed by atoms with E-state index in [0.717, 1.165) is 33.1 Å². The molecule has 0 spiro atoms. The third kappa shape index (κ3) is 1.72. The molecule has 108 valence electrons. The molecule has 0 aliphatic heterocycles. The summed E-state index contributed by atoms with van der Waals surface area (Å²) in [5.41, 5.74) is 3.46. The van der Waals surface area contributed by atoms with Gasteiger partial charge in [-0.3, -0.25) is 4.79 Å². The van der Waals surface area contributed by atoms with Crippen molar-refractivity contribution in [1.29, 1.82) is 0 Å². The second kappa shape index (κ2) is 4.60. The van der Waals surface area contributed by atoms with Gasteiger partial charge in [-0.1, -0.05) is 36.4 Å². The average molecular weight is 289 g/mol. The number of furan rings is 1. The molecule has 0 aliphatic rings. The Morgan fingerprint density at radius 2 is 1.77 bits per heavy atom. The van der Waals surface area contributed by atoms with Crippen molar-refractivity contribution in [2.24, 2.45) is 7.05 Å². The molecule has 0 fully saturated rings. The Bertz CT molecular complexity index is 987. The average Bonchev–Trinajstić information content (AvgIpc) is 3.08. The quantitative estimate of drug-likeness (QED) is 0.510. The van der Waals surface area contributed by atoms with Crippen LogP contribution in [0.2, 0.25) is 0 Å². The van der Waals surface area contributed by atoms with Crippen molar-refractivity contribution < 1.29 is 9.21 Å². The number of aromatic nitrogens is 1. The molecule has 2 heterocycles. The van der Waals surface area contributed by atoms with Crippen LogP contribution in [0.15, 0.2) is 59.0 Å². The maximum Gasteiger partial charge on any atom is 0.230 e. The van der Waals surface area contributed by atoms with Gasteiger partial charge in [0.15, 0.2) is 5.76 Å². The molecule has 0 radical (unpaired) electrons. The number of carbonyl (C=O) groups excluding carboxylic acids is 1. The predicted molar refractivity (Wildman–Crippen MR) is 87.3 cm³/mol. The zero-order valence-electron chi connectivity index (χ0n) is 12.5. The molecule has 0 unspecified atom stereocenters. The monoisotopic (exact) mass is 289 g/mol. The Kier molecular flexibility index (Phi) is 2.70. The van der Waals surface area contributed by atoms with Crippen LogP contribution in [0.4, 0.5) is 0 Å². The predicted octanol–water partition coefficient (Wildman–Crippen LogP) is 4.46. The molecule has 3 heteroatoms. The molecule has 4 aromatic rings. The molecule has 3 nitrogen and oxygen atoms in total. The molecule has 4 rings (SSSR count). The summed E-state index contributed by atoms with van der Waals surface area (Å²) in [7, 11) is 1.98. The first-order chi connectivity index (χ1) is 10.7. The van der Waals surface area contributed by atoms with Crippen LogP contribution in [0.3, 0.4) is 0 Å². The fourth-order valence-corrected chi connectivity index (χ4v) is 3.02. The van der Waals surface area contributed by atoms with E-state index < -0.39 is 0 Å². The number of nitrogens with zero attached hydrogens (tertiary/aromatic N) is 1. The SMILES string of the molecule is Cc1c(C(=O)c2cc3ccccc3o2)c2ccccc2n1C. The first kappa shape index (κ1) is 12.9. The summed E-state index contributed by atoms with van der Waals surface area (Å²) in [4.78, 5) is 13.0. The standard InChI is InChI=1S/C19H15NO2/c1-12-18(14-8-4-5-9-15(14)20(12)2)19(21)17-11-13-7-3-6-10-16(13)22-17/h3-11H,1-2H3. The maximum atomic E-state index is 13.0. The van der Waals surface area contributed by atoms with Crippen LogP contribution in [0.5, 0.6) is 0 Å². The fraction of sp³-hybridized carbons (Fsp3) is 0.105. The van der Waals surface area contributed by atoms with E-state index in [-0.39, 0.29) is 5.78 Å². The summed E-state index contributed by atoms with van der Waals surface area (Å²) in [5.74, 6) is 0.325. The number of hydrogen-bond donors (Lipinski definition) is 0. The third-order valence-corrected chi connectivity index (χ3v) is 4.28. The van der Waals surface area contributed by atoms with E-state index in [2.05, 4.69) is 0 Å². The van der Waals surface area contributed by atoms with Crippen molar-refractivity contribution in [1.82, 2.24) is 4.57 Å². The third-order valence-electron chi connectivity index (χ3n) is 4.28. The van der Waals surface area contributed by atoms with Crippen molar-refractivity contribution in [3.05, 3.63) is 71.6 Å². The summed E-state index contributed by atoms with van der Waals surface area (Å²) < 4.78 is 7.79. The highest BCUT2D eigenvalue weighted by atomic mass is 16.3. The van der Waals surface area contributed by atoms with Gasteiger partial charge in [0, 0.05) is 29.0 Å². The summed E-state index contributed by atoms with van der Waals surface area (Å²) in [6, 6.07) is 17.4. The smallest absolute Gasteiger partial charge is 0.230 e. The number of hydrogen-bond acceptors (Lipinski definition) is 2. The zero-order valence-corrected chi connectivity index (χ0v) is 12.5. The maximum absolute atomic E-state index is 13.0. The largest absolute Gasteiger partial charge is 0.453 e. The summed E-state index contributed by atoms with van der Waals surface area (Å²) in [6.45, 7) is 1.97. The molecule has 2 aromatic carbocycles. The molecule has 22 heavy (non-hydrogen) atoms. The van der Waals surface area contributed by atoms with E-state index in [1.165, 1.54) is 0 Å². The summed E-state index contributed by atoms with van der Waals surface area (Å²) >= 11 is 0. The lowest BCUT2D eigenvalue weighted by atomic mass is 10.0. The molecule has 2 aromatic heterocycles.